The number of hydrogen-bond donors (Lipinski definition) is 2. The molecule has 0 atom stereocenters. The molecule has 0 aliphatic rings. The fourth-order valence-electron chi connectivity index (χ4n) is 1.58. The van der Waals surface area contributed by atoms with E-state index in [2.05, 4.69) is 4.98 Å². The fraction of sp³-hybridized carbons (Fsp3) is 0.0833. The molecule has 0 spiro atoms. The molecule has 0 aliphatic carbocycles. The number of nitro groups is 1. The number of H-pyrrole nitrogens is 1. The van der Waals surface area contributed by atoms with Crippen molar-refractivity contribution in [1.29, 1.82) is 0 Å². The molecule has 0 fully saturated rings. The number of aromatic nitrogens is 1. The molecule has 1 aromatic carbocycles. The number of nitrogens with one attached hydrogen (secondary N) is 1. The van der Waals surface area contributed by atoms with Gasteiger partial charge in [-0.15, -0.1) is 0 Å². The van der Waals surface area contributed by atoms with Crippen LogP contribution in [0.2, 0.25) is 0 Å². The largest absolute Gasteiger partial charge is 0.391 e. The van der Waals surface area contributed by atoms with Crippen molar-refractivity contribution in [3.8, 4) is 11.3 Å². The topological polar surface area (TPSA) is 96.2 Å². The van der Waals surface area contributed by atoms with Crippen LogP contribution in [-0.2, 0) is 6.61 Å². The van der Waals surface area contributed by atoms with Crippen LogP contribution in [0.4, 0.5) is 5.69 Å². The normalized spacial score (nSPS) is 10.3. The lowest BCUT2D eigenvalue weighted by atomic mass is 10.1. The van der Waals surface area contributed by atoms with E-state index in [1.54, 1.807) is 18.2 Å². The van der Waals surface area contributed by atoms with E-state index in [0.29, 0.717) is 11.3 Å². The Kier molecular flexibility index (Phi) is 3.20. The first-order valence-electron chi connectivity index (χ1n) is 5.19. The van der Waals surface area contributed by atoms with Gasteiger partial charge in [0.15, 0.2) is 0 Å². The van der Waals surface area contributed by atoms with E-state index in [4.69, 9.17) is 5.11 Å². The second-order valence-electron chi connectivity index (χ2n) is 3.69. The van der Waals surface area contributed by atoms with Gasteiger partial charge in [-0.25, -0.2) is 0 Å². The predicted octanol–water partition coefficient (Wildman–Crippen LogP) is 1.44. The third kappa shape index (κ3) is 2.28. The molecule has 0 saturated carbocycles. The van der Waals surface area contributed by atoms with E-state index < -0.39 is 10.5 Å². The average molecular weight is 246 g/mol. The van der Waals surface area contributed by atoms with Gasteiger partial charge in [0.25, 0.3) is 11.2 Å². The van der Waals surface area contributed by atoms with Crippen molar-refractivity contribution in [1.82, 2.24) is 4.98 Å². The van der Waals surface area contributed by atoms with Crippen molar-refractivity contribution in [2.24, 2.45) is 0 Å². The van der Waals surface area contributed by atoms with Crippen LogP contribution in [0.15, 0.2) is 41.2 Å². The van der Waals surface area contributed by atoms with Crippen LogP contribution in [0.25, 0.3) is 11.3 Å². The standard InChI is InChI=1S/C12H10N2O4/c15-7-9-4-5-11(13-12(9)16)8-2-1-3-10(6-8)14(17)18/h1-6,15H,7H2,(H,13,16). The molecule has 1 aromatic heterocycles. The molecule has 0 bridgehead atoms. The summed E-state index contributed by atoms with van der Waals surface area (Å²) in [4.78, 5) is 24.2. The fourth-order valence-corrected chi connectivity index (χ4v) is 1.58. The number of aromatic amines is 1. The number of nitrogens with zero attached hydrogens (tertiary/aromatic N) is 1. The van der Waals surface area contributed by atoms with E-state index in [1.165, 1.54) is 18.2 Å². The van der Waals surface area contributed by atoms with Crippen molar-refractivity contribution in [3.05, 3.63) is 62.4 Å². The molecule has 2 N–H and O–H groups in total. The zero-order valence-corrected chi connectivity index (χ0v) is 9.29. The summed E-state index contributed by atoms with van der Waals surface area (Å²) in [5.41, 5.74) is 0.831. The smallest absolute Gasteiger partial charge is 0.270 e. The van der Waals surface area contributed by atoms with Crippen molar-refractivity contribution < 1.29 is 10.0 Å². The van der Waals surface area contributed by atoms with Crippen LogP contribution < -0.4 is 5.56 Å². The maximum absolute atomic E-state index is 11.5. The highest BCUT2D eigenvalue weighted by Crippen LogP contribution is 2.21. The molecule has 0 unspecified atom stereocenters. The van der Waals surface area contributed by atoms with Gasteiger partial charge in [-0.1, -0.05) is 12.1 Å². The lowest BCUT2D eigenvalue weighted by Crippen LogP contribution is -2.12. The highest BCUT2D eigenvalue weighted by atomic mass is 16.6. The van der Waals surface area contributed by atoms with Gasteiger partial charge in [0.2, 0.25) is 0 Å². The van der Waals surface area contributed by atoms with Gasteiger partial charge in [-0.2, -0.15) is 0 Å². The monoisotopic (exact) mass is 246 g/mol. The highest BCUT2D eigenvalue weighted by Gasteiger charge is 2.08. The number of non-ortho nitro benzene ring substituents is 1. The average Bonchev–Trinajstić information content (AvgIpc) is 2.38. The summed E-state index contributed by atoms with van der Waals surface area (Å²) in [6.45, 7) is -0.343. The van der Waals surface area contributed by atoms with Crippen molar-refractivity contribution >= 4 is 5.69 Å². The Morgan fingerprint density at radius 1 is 1.28 bits per heavy atom. The Hall–Kier alpha value is -2.47. The first-order chi connectivity index (χ1) is 8.61. The van der Waals surface area contributed by atoms with Gasteiger partial charge in [0, 0.05) is 29.0 Å². The van der Waals surface area contributed by atoms with Crippen molar-refractivity contribution in [2.75, 3.05) is 0 Å². The number of hydrogen-bond acceptors (Lipinski definition) is 4. The Labute approximate surface area is 102 Å². The maximum Gasteiger partial charge on any atom is 0.270 e. The number of rotatable bonds is 3. The minimum absolute atomic E-state index is 0.0421. The van der Waals surface area contributed by atoms with Gasteiger partial charge >= 0.3 is 0 Å². The summed E-state index contributed by atoms with van der Waals surface area (Å²) in [5.74, 6) is 0. The van der Waals surface area contributed by atoms with Crippen LogP contribution in [0, 0.1) is 10.1 Å². The summed E-state index contributed by atoms with van der Waals surface area (Å²) < 4.78 is 0. The number of nitro benzene ring substituents is 1. The first-order valence-corrected chi connectivity index (χ1v) is 5.19. The van der Waals surface area contributed by atoms with E-state index in [0.717, 1.165) is 0 Å². The van der Waals surface area contributed by atoms with Crippen LogP contribution in [0.5, 0.6) is 0 Å². The molecule has 1 heterocycles. The molecule has 0 aliphatic heterocycles. The van der Waals surface area contributed by atoms with Crippen LogP contribution >= 0.6 is 0 Å². The molecule has 0 radical (unpaired) electrons. The lowest BCUT2D eigenvalue weighted by Gasteiger charge is -2.02. The maximum atomic E-state index is 11.5. The van der Waals surface area contributed by atoms with Crippen LogP contribution in [0.3, 0.4) is 0 Å². The van der Waals surface area contributed by atoms with Crippen molar-refractivity contribution in [3.63, 3.8) is 0 Å². The van der Waals surface area contributed by atoms with E-state index in [1.807, 2.05) is 0 Å². The molecule has 0 saturated heterocycles. The third-order valence-electron chi connectivity index (χ3n) is 2.53. The van der Waals surface area contributed by atoms with Gasteiger partial charge in [-0.05, 0) is 12.1 Å². The second kappa shape index (κ2) is 4.80. The quantitative estimate of drug-likeness (QED) is 0.632. The Morgan fingerprint density at radius 3 is 2.67 bits per heavy atom. The third-order valence-corrected chi connectivity index (χ3v) is 2.53. The SMILES string of the molecule is O=c1[nH]c(-c2cccc([N+](=O)[O-])c2)ccc1CO. The summed E-state index contributed by atoms with van der Waals surface area (Å²) in [6.07, 6.45) is 0. The van der Waals surface area contributed by atoms with E-state index >= 15 is 0 Å². The number of aliphatic hydroxyl groups excluding tert-OH is 1. The Bertz CT molecular complexity index is 649. The number of benzene rings is 1. The minimum Gasteiger partial charge on any atom is -0.391 e. The Morgan fingerprint density at radius 2 is 2.06 bits per heavy atom. The molecular formula is C12H10N2O4. The highest BCUT2D eigenvalue weighted by molar-refractivity contribution is 5.62. The molecule has 18 heavy (non-hydrogen) atoms. The molecule has 6 heteroatoms. The Balaban J connectivity index is 2.49. The molecular weight excluding hydrogens is 236 g/mol. The van der Waals surface area contributed by atoms with E-state index in [-0.39, 0.29) is 17.9 Å². The summed E-state index contributed by atoms with van der Waals surface area (Å²) in [6, 6.07) is 9.06. The zero-order valence-electron chi connectivity index (χ0n) is 9.29. The summed E-state index contributed by atoms with van der Waals surface area (Å²) >= 11 is 0. The molecule has 6 nitrogen and oxygen atoms in total. The lowest BCUT2D eigenvalue weighted by molar-refractivity contribution is -0.384. The molecule has 0 amide bonds. The summed E-state index contributed by atoms with van der Waals surface area (Å²) in [5, 5.41) is 19.5. The van der Waals surface area contributed by atoms with Gasteiger partial charge in [0.1, 0.15) is 0 Å². The molecule has 2 aromatic rings. The van der Waals surface area contributed by atoms with Crippen molar-refractivity contribution in [2.45, 2.75) is 6.61 Å². The molecule has 2 rings (SSSR count). The zero-order chi connectivity index (χ0) is 13.1. The molecule has 92 valence electrons. The minimum atomic E-state index is -0.496. The number of aliphatic hydroxyl groups is 1. The second-order valence-corrected chi connectivity index (χ2v) is 3.69. The summed E-state index contributed by atoms with van der Waals surface area (Å²) in [7, 11) is 0. The van der Waals surface area contributed by atoms with Gasteiger partial charge < -0.3 is 10.1 Å². The number of pyridine rings is 1. The van der Waals surface area contributed by atoms with E-state index in [9.17, 15) is 14.9 Å². The van der Waals surface area contributed by atoms with Crippen LogP contribution in [0.1, 0.15) is 5.56 Å². The predicted molar refractivity (Wildman–Crippen MR) is 65.1 cm³/mol. The first kappa shape index (κ1) is 12.0. The van der Waals surface area contributed by atoms with Gasteiger partial charge in [-0.3, -0.25) is 14.9 Å². The van der Waals surface area contributed by atoms with Gasteiger partial charge in [0.05, 0.1) is 11.5 Å². The van der Waals surface area contributed by atoms with Crippen LogP contribution in [-0.4, -0.2) is 15.0 Å².